The fourth-order valence-corrected chi connectivity index (χ4v) is 3.75. The molecule has 1 aliphatic carbocycles. The minimum atomic E-state index is -0.851. The Morgan fingerprint density at radius 2 is 1.96 bits per heavy atom. The summed E-state index contributed by atoms with van der Waals surface area (Å²) in [5.74, 6) is -0.948. The Morgan fingerprint density at radius 1 is 1.26 bits per heavy atom. The van der Waals surface area contributed by atoms with Crippen molar-refractivity contribution >= 4 is 22.8 Å². The van der Waals surface area contributed by atoms with Crippen LogP contribution in [0.25, 0.3) is 10.9 Å². The van der Waals surface area contributed by atoms with Crippen LogP contribution in [0.2, 0.25) is 0 Å². The van der Waals surface area contributed by atoms with Crippen LogP contribution in [-0.2, 0) is 16.0 Å². The number of fused-ring (bicyclic) bond motifs is 1. The number of hydrogen-bond acceptors (Lipinski definition) is 2. The van der Waals surface area contributed by atoms with Crippen molar-refractivity contribution in [2.45, 2.75) is 51.0 Å². The summed E-state index contributed by atoms with van der Waals surface area (Å²) in [5, 5.41) is 13.2. The number of aromatic nitrogens is 1. The van der Waals surface area contributed by atoms with Gasteiger partial charge in [-0.2, -0.15) is 0 Å². The van der Waals surface area contributed by atoms with E-state index in [1.807, 2.05) is 31.2 Å². The molecule has 2 aromatic rings. The molecule has 0 spiro atoms. The van der Waals surface area contributed by atoms with Gasteiger partial charge in [0.25, 0.3) is 0 Å². The van der Waals surface area contributed by atoms with Crippen LogP contribution in [-0.4, -0.2) is 27.5 Å². The van der Waals surface area contributed by atoms with Gasteiger partial charge < -0.3 is 15.4 Å². The Labute approximate surface area is 135 Å². The lowest BCUT2D eigenvalue weighted by molar-refractivity contribution is -0.139. The van der Waals surface area contributed by atoms with Gasteiger partial charge in [-0.15, -0.1) is 0 Å². The monoisotopic (exact) mass is 314 g/mol. The fourth-order valence-electron chi connectivity index (χ4n) is 3.75. The molecule has 1 aromatic heterocycles. The second-order valence-electron chi connectivity index (χ2n) is 6.56. The average molecular weight is 314 g/mol. The largest absolute Gasteiger partial charge is 0.481 e. The average Bonchev–Trinajstić information content (AvgIpc) is 3.04. The number of rotatable bonds is 5. The molecule has 1 saturated carbocycles. The molecule has 0 atom stereocenters. The van der Waals surface area contributed by atoms with Crippen LogP contribution < -0.4 is 5.32 Å². The van der Waals surface area contributed by atoms with Crippen LogP contribution in [0.3, 0.4) is 0 Å². The zero-order valence-electron chi connectivity index (χ0n) is 13.3. The van der Waals surface area contributed by atoms with E-state index in [-0.39, 0.29) is 18.7 Å². The molecule has 0 saturated heterocycles. The lowest BCUT2D eigenvalue weighted by atomic mass is 9.92. The maximum Gasteiger partial charge on any atom is 0.305 e. The molecule has 5 nitrogen and oxygen atoms in total. The van der Waals surface area contributed by atoms with Crippen LogP contribution in [0.5, 0.6) is 0 Å². The molecule has 5 heteroatoms. The fraction of sp³-hybridized carbons (Fsp3) is 0.444. The Bertz CT molecular complexity index is 742. The van der Waals surface area contributed by atoms with Crippen LogP contribution >= 0.6 is 0 Å². The summed E-state index contributed by atoms with van der Waals surface area (Å²) in [7, 11) is 0. The maximum atomic E-state index is 12.5. The highest BCUT2D eigenvalue weighted by atomic mass is 16.4. The van der Waals surface area contributed by atoms with Gasteiger partial charge >= 0.3 is 5.97 Å². The van der Waals surface area contributed by atoms with Gasteiger partial charge in [0.05, 0.1) is 18.4 Å². The Morgan fingerprint density at radius 3 is 2.65 bits per heavy atom. The lowest BCUT2D eigenvalue weighted by Gasteiger charge is -2.28. The second-order valence-corrected chi connectivity index (χ2v) is 6.56. The molecular weight excluding hydrogens is 292 g/mol. The summed E-state index contributed by atoms with van der Waals surface area (Å²) in [6.07, 6.45) is 3.72. The van der Waals surface area contributed by atoms with Crippen molar-refractivity contribution < 1.29 is 14.7 Å². The first-order valence-electron chi connectivity index (χ1n) is 8.08. The van der Waals surface area contributed by atoms with E-state index in [1.54, 1.807) is 0 Å². The van der Waals surface area contributed by atoms with Gasteiger partial charge in [-0.05, 0) is 31.4 Å². The number of aryl methyl sites for hydroxylation is 1. The molecular formula is C18H22N2O3. The van der Waals surface area contributed by atoms with Crippen molar-refractivity contribution in [1.82, 2.24) is 10.3 Å². The summed E-state index contributed by atoms with van der Waals surface area (Å²) in [6.45, 7) is 1.96. The van der Waals surface area contributed by atoms with Gasteiger partial charge in [0.1, 0.15) is 0 Å². The van der Waals surface area contributed by atoms with Gasteiger partial charge in [0.15, 0.2) is 0 Å². The van der Waals surface area contributed by atoms with Gasteiger partial charge in [-0.3, -0.25) is 9.59 Å². The predicted octanol–water partition coefficient (Wildman–Crippen LogP) is 2.92. The summed E-state index contributed by atoms with van der Waals surface area (Å²) < 4.78 is 0. The summed E-state index contributed by atoms with van der Waals surface area (Å²) in [6, 6.07) is 7.92. The highest BCUT2D eigenvalue weighted by molar-refractivity contribution is 5.90. The topological polar surface area (TPSA) is 82.2 Å². The van der Waals surface area contributed by atoms with Gasteiger partial charge in [0.2, 0.25) is 5.91 Å². The Balaban J connectivity index is 1.78. The minimum absolute atomic E-state index is 0.00556. The molecule has 1 heterocycles. The standard InChI is InChI=1S/C18H22N2O3/c1-12-14(13-6-2-3-7-15(13)19-12)10-16(21)20-18(11-17(22)23)8-4-5-9-18/h2-3,6-7,19H,4-5,8-11H2,1H3,(H,20,21)(H,22,23). The second kappa shape index (κ2) is 6.07. The first-order chi connectivity index (χ1) is 11.0. The number of carbonyl (C=O) groups is 2. The molecule has 0 unspecified atom stereocenters. The molecule has 23 heavy (non-hydrogen) atoms. The maximum absolute atomic E-state index is 12.5. The van der Waals surface area contributed by atoms with E-state index in [4.69, 9.17) is 5.11 Å². The third kappa shape index (κ3) is 3.23. The zero-order valence-corrected chi connectivity index (χ0v) is 13.3. The molecule has 0 aliphatic heterocycles. The lowest BCUT2D eigenvalue weighted by Crippen LogP contribution is -2.48. The van der Waals surface area contributed by atoms with E-state index < -0.39 is 11.5 Å². The first kappa shape index (κ1) is 15.6. The molecule has 1 fully saturated rings. The quantitative estimate of drug-likeness (QED) is 0.793. The van der Waals surface area contributed by atoms with Crippen LogP contribution in [0.4, 0.5) is 0 Å². The summed E-state index contributed by atoms with van der Waals surface area (Å²) >= 11 is 0. The Kier molecular flexibility index (Phi) is 4.11. The highest BCUT2D eigenvalue weighted by Gasteiger charge is 2.37. The van der Waals surface area contributed by atoms with E-state index in [1.165, 1.54) is 0 Å². The van der Waals surface area contributed by atoms with E-state index in [9.17, 15) is 9.59 Å². The van der Waals surface area contributed by atoms with Crippen molar-refractivity contribution in [2.24, 2.45) is 0 Å². The molecule has 3 N–H and O–H groups in total. The number of aliphatic carboxylic acids is 1. The molecule has 0 bridgehead atoms. The minimum Gasteiger partial charge on any atom is -0.481 e. The number of hydrogen-bond donors (Lipinski definition) is 3. The third-order valence-electron chi connectivity index (χ3n) is 4.82. The van der Waals surface area contributed by atoms with E-state index in [0.717, 1.165) is 47.8 Å². The predicted molar refractivity (Wildman–Crippen MR) is 88.3 cm³/mol. The van der Waals surface area contributed by atoms with Gasteiger partial charge in [-0.25, -0.2) is 0 Å². The normalized spacial score (nSPS) is 16.6. The number of carboxylic acid groups (broad SMARTS) is 1. The number of benzene rings is 1. The van der Waals surface area contributed by atoms with Crippen molar-refractivity contribution in [1.29, 1.82) is 0 Å². The number of amides is 1. The number of H-pyrrole nitrogens is 1. The molecule has 1 aliphatic rings. The van der Waals surface area contributed by atoms with E-state index >= 15 is 0 Å². The number of aromatic amines is 1. The van der Waals surface area contributed by atoms with Crippen molar-refractivity contribution in [3.05, 3.63) is 35.5 Å². The van der Waals surface area contributed by atoms with Crippen molar-refractivity contribution in [3.8, 4) is 0 Å². The zero-order chi connectivity index (χ0) is 16.4. The number of nitrogens with one attached hydrogen (secondary N) is 2. The van der Waals surface area contributed by atoms with Crippen LogP contribution in [0, 0.1) is 6.92 Å². The van der Waals surface area contributed by atoms with Gasteiger partial charge in [0, 0.05) is 16.6 Å². The number of para-hydroxylation sites is 1. The Hall–Kier alpha value is -2.30. The third-order valence-corrected chi connectivity index (χ3v) is 4.82. The van der Waals surface area contributed by atoms with Crippen molar-refractivity contribution in [3.63, 3.8) is 0 Å². The molecule has 1 aromatic carbocycles. The summed E-state index contributed by atoms with van der Waals surface area (Å²) in [4.78, 5) is 27.0. The molecule has 122 valence electrons. The van der Waals surface area contributed by atoms with Crippen LogP contribution in [0.1, 0.15) is 43.4 Å². The molecule has 1 amide bonds. The van der Waals surface area contributed by atoms with Crippen LogP contribution in [0.15, 0.2) is 24.3 Å². The molecule has 0 radical (unpaired) electrons. The van der Waals surface area contributed by atoms with Gasteiger partial charge in [-0.1, -0.05) is 31.0 Å². The van der Waals surface area contributed by atoms with Crippen molar-refractivity contribution in [2.75, 3.05) is 0 Å². The first-order valence-corrected chi connectivity index (χ1v) is 8.08. The summed E-state index contributed by atoms with van der Waals surface area (Å²) in [5.41, 5.74) is 2.43. The van der Waals surface area contributed by atoms with E-state index in [2.05, 4.69) is 10.3 Å². The number of carbonyl (C=O) groups excluding carboxylic acids is 1. The molecule has 3 rings (SSSR count). The SMILES string of the molecule is Cc1[nH]c2ccccc2c1CC(=O)NC1(CC(=O)O)CCCC1. The number of carboxylic acids is 1. The highest BCUT2D eigenvalue weighted by Crippen LogP contribution is 2.33. The smallest absolute Gasteiger partial charge is 0.305 e. The van der Waals surface area contributed by atoms with E-state index in [0.29, 0.717) is 0 Å².